The van der Waals surface area contributed by atoms with Gasteiger partial charge >= 0.3 is 0 Å². The van der Waals surface area contributed by atoms with Crippen molar-refractivity contribution in [2.75, 3.05) is 52.0 Å². The molecule has 0 spiro atoms. The fourth-order valence-corrected chi connectivity index (χ4v) is 5.39. The minimum absolute atomic E-state index is 0.147. The van der Waals surface area contributed by atoms with Gasteiger partial charge < -0.3 is 25.0 Å². The molecule has 2 N–H and O–H groups in total. The van der Waals surface area contributed by atoms with Crippen molar-refractivity contribution in [2.24, 2.45) is 0 Å². The summed E-state index contributed by atoms with van der Waals surface area (Å²) in [4.78, 5) is 23.8. The first-order valence-corrected chi connectivity index (χ1v) is 11.4. The Balaban J connectivity index is 1.95. The second-order valence-electron chi connectivity index (χ2n) is 6.62. The molecule has 0 bridgehead atoms. The molecule has 1 aromatic carbocycles. The fraction of sp³-hybridized carbons (Fsp3) is 0.316. The Bertz CT molecular complexity index is 1090. The van der Waals surface area contributed by atoms with Crippen LogP contribution in [-0.4, -0.2) is 62.2 Å². The number of amides is 1. The lowest BCUT2D eigenvalue weighted by molar-refractivity contribution is 0.102. The second-order valence-corrected chi connectivity index (χ2v) is 9.05. The highest BCUT2D eigenvalue weighted by Crippen LogP contribution is 2.50. The van der Waals surface area contributed by atoms with Crippen molar-refractivity contribution in [2.45, 2.75) is 0 Å². The van der Waals surface area contributed by atoms with Crippen LogP contribution >= 0.6 is 50.5 Å². The number of likely N-dealkylation sites (N-methyl/N-ethyl adjacent to an activating group) is 1. The first-order chi connectivity index (χ1) is 14.8. The van der Waals surface area contributed by atoms with E-state index in [1.807, 2.05) is 14.1 Å². The molecular formula is C19H20BrCl2N5O3S. The number of ether oxygens (including phenoxy) is 2. The van der Waals surface area contributed by atoms with Crippen molar-refractivity contribution >= 4 is 78.1 Å². The van der Waals surface area contributed by atoms with E-state index >= 15 is 0 Å². The molecule has 0 atom stereocenters. The molecule has 0 saturated carbocycles. The van der Waals surface area contributed by atoms with Crippen LogP contribution in [0.15, 0.2) is 16.2 Å². The zero-order valence-electron chi connectivity index (χ0n) is 17.2. The van der Waals surface area contributed by atoms with Crippen LogP contribution < -0.4 is 20.1 Å². The number of methoxy groups -OCH3 is 2. The largest absolute Gasteiger partial charge is 0.494 e. The predicted molar refractivity (Wildman–Crippen MR) is 130 cm³/mol. The first-order valence-electron chi connectivity index (χ1n) is 9.00. The van der Waals surface area contributed by atoms with Gasteiger partial charge in [-0.25, -0.2) is 9.97 Å². The van der Waals surface area contributed by atoms with Crippen LogP contribution in [0.4, 0.5) is 11.5 Å². The number of fused-ring (bicyclic) bond motifs is 1. The fourth-order valence-electron chi connectivity index (χ4n) is 2.80. The van der Waals surface area contributed by atoms with Crippen molar-refractivity contribution in [3.05, 3.63) is 31.8 Å². The number of aromatic nitrogens is 2. The predicted octanol–water partition coefficient (Wildman–Crippen LogP) is 5.00. The molecule has 2 heterocycles. The van der Waals surface area contributed by atoms with Crippen LogP contribution in [0.2, 0.25) is 10.0 Å². The summed E-state index contributed by atoms with van der Waals surface area (Å²) in [5.41, 5.74) is 1.10. The first kappa shape index (κ1) is 23.8. The highest BCUT2D eigenvalue weighted by Gasteiger charge is 2.25. The average Bonchev–Trinajstić information content (AvgIpc) is 3.17. The highest BCUT2D eigenvalue weighted by atomic mass is 79.9. The van der Waals surface area contributed by atoms with Gasteiger partial charge in [0.15, 0.2) is 11.5 Å². The third-order valence-electron chi connectivity index (χ3n) is 4.33. The number of halogens is 3. The Morgan fingerprint density at radius 2 is 1.84 bits per heavy atom. The maximum Gasteiger partial charge on any atom is 0.258 e. The molecule has 0 unspecified atom stereocenters. The normalized spacial score (nSPS) is 11.1. The van der Waals surface area contributed by atoms with Crippen LogP contribution in [-0.2, 0) is 0 Å². The van der Waals surface area contributed by atoms with Crippen molar-refractivity contribution in [3.63, 3.8) is 0 Å². The summed E-state index contributed by atoms with van der Waals surface area (Å²) < 4.78 is 11.9. The van der Waals surface area contributed by atoms with Crippen LogP contribution in [0.25, 0.3) is 10.2 Å². The average molecular weight is 549 g/mol. The zero-order chi connectivity index (χ0) is 22.7. The standard InChI is InChI=1S/C19H20BrCl2N5O3S/c1-27(2)6-5-23-18-17-13(24-8-25-18)9(7-31-17)19(28)26-14-11(21)15(29-3)10(20)16(30-4)12(14)22/h7-8H,5-6H2,1-4H3,(H,26,28)(H,23,24,25). The topological polar surface area (TPSA) is 88.6 Å². The van der Waals surface area contributed by atoms with Crippen LogP contribution in [0, 0.1) is 0 Å². The quantitative estimate of drug-likeness (QED) is 0.409. The summed E-state index contributed by atoms with van der Waals surface area (Å²) in [6.45, 7) is 1.55. The van der Waals surface area contributed by atoms with Crippen molar-refractivity contribution < 1.29 is 14.3 Å². The van der Waals surface area contributed by atoms with Gasteiger partial charge in [0.2, 0.25) is 0 Å². The lowest BCUT2D eigenvalue weighted by atomic mass is 10.2. The van der Waals surface area contributed by atoms with Gasteiger partial charge in [-0.2, -0.15) is 0 Å². The van der Waals surface area contributed by atoms with Gasteiger partial charge in [0, 0.05) is 18.5 Å². The molecule has 8 nitrogen and oxygen atoms in total. The number of thiophene rings is 1. The number of carbonyl (C=O) groups is 1. The molecule has 0 aliphatic carbocycles. The maximum absolute atomic E-state index is 13.1. The SMILES string of the molecule is COc1c(Cl)c(NC(=O)c2csc3c(NCCN(C)C)ncnc23)c(Cl)c(OC)c1Br. The molecular weight excluding hydrogens is 529 g/mol. The minimum Gasteiger partial charge on any atom is -0.494 e. The Kier molecular flexibility index (Phi) is 7.82. The molecule has 31 heavy (non-hydrogen) atoms. The molecule has 1 amide bonds. The molecule has 0 aliphatic heterocycles. The molecule has 3 rings (SSSR count). The molecule has 0 aliphatic rings. The van der Waals surface area contributed by atoms with E-state index in [0.29, 0.717) is 39.4 Å². The number of benzene rings is 1. The van der Waals surface area contributed by atoms with Crippen molar-refractivity contribution in [1.29, 1.82) is 0 Å². The van der Waals surface area contributed by atoms with Gasteiger partial charge in [-0.1, -0.05) is 23.2 Å². The molecule has 166 valence electrons. The van der Waals surface area contributed by atoms with Gasteiger partial charge in [0.1, 0.15) is 26.7 Å². The number of hydrogen-bond acceptors (Lipinski definition) is 8. The van der Waals surface area contributed by atoms with Crippen LogP contribution in [0.3, 0.4) is 0 Å². The van der Waals surface area contributed by atoms with Gasteiger partial charge in [0.25, 0.3) is 5.91 Å². The second kappa shape index (κ2) is 10.2. The number of hydrogen-bond donors (Lipinski definition) is 2. The van der Waals surface area contributed by atoms with E-state index in [1.54, 1.807) is 5.38 Å². The van der Waals surface area contributed by atoms with Gasteiger partial charge in [-0.15, -0.1) is 11.3 Å². The Morgan fingerprint density at radius 1 is 1.19 bits per heavy atom. The lowest BCUT2D eigenvalue weighted by Gasteiger charge is -2.17. The monoisotopic (exact) mass is 547 g/mol. The van der Waals surface area contributed by atoms with Gasteiger partial charge in [0.05, 0.1) is 35.7 Å². The molecule has 0 saturated heterocycles. The van der Waals surface area contributed by atoms with Crippen LogP contribution in [0.1, 0.15) is 10.4 Å². The van der Waals surface area contributed by atoms with E-state index in [1.165, 1.54) is 31.9 Å². The van der Waals surface area contributed by atoms with Gasteiger partial charge in [-0.05, 0) is 30.0 Å². The van der Waals surface area contributed by atoms with E-state index in [0.717, 1.165) is 11.2 Å². The smallest absolute Gasteiger partial charge is 0.258 e. The summed E-state index contributed by atoms with van der Waals surface area (Å²) in [5.74, 6) is 0.851. The summed E-state index contributed by atoms with van der Waals surface area (Å²) in [7, 11) is 6.90. The Hall–Kier alpha value is -1.85. The lowest BCUT2D eigenvalue weighted by Crippen LogP contribution is -2.21. The zero-order valence-corrected chi connectivity index (χ0v) is 21.1. The van der Waals surface area contributed by atoms with E-state index in [4.69, 9.17) is 32.7 Å². The third-order valence-corrected chi connectivity index (χ3v) is 6.75. The molecule has 2 aromatic heterocycles. The molecule has 3 aromatic rings. The Labute approximate surface area is 202 Å². The van der Waals surface area contributed by atoms with E-state index in [9.17, 15) is 4.79 Å². The van der Waals surface area contributed by atoms with Crippen LogP contribution in [0.5, 0.6) is 11.5 Å². The van der Waals surface area contributed by atoms with E-state index in [-0.39, 0.29) is 15.7 Å². The highest BCUT2D eigenvalue weighted by molar-refractivity contribution is 9.10. The Morgan fingerprint density at radius 3 is 2.42 bits per heavy atom. The third kappa shape index (κ3) is 4.83. The number of rotatable bonds is 8. The van der Waals surface area contributed by atoms with E-state index < -0.39 is 5.91 Å². The number of nitrogens with one attached hydrogen (secondary N) is 2. The minimum atomic E-state index is -0.417. The van der Waals surface area contributed by atoms with Crippen molar-refractivity contribution in [3.8, 4) is 11.5 Å². The maximum atomic E-state index is 13.1. The summed E-state index contributed by atoms with van der Waals surface area (Å²) in [6, 6.07) is 0. The molecule has 0 radical (unpaired) electrons. The summed E-state index contributed by atoms with van der Waals surface area (Å²) in [6.07, 6.45) is 1.43. The van der Waals surface area contributed by atoms with Crippen molar-refractivity contribution in [1.82, 2.24) is 14.9 Å². The summed E-state index contributed by atoms with van der Waals surface area (Å²) >= 11 is 17.6. The number of nitrogens with zero attached hydrogens (tertiary/aromatic N) is 3. The summed E-state index contributed by atoms with van der Waals surface area (Å²) in [5, 5.41) is 8.06. The molecule has 0 fully saturated rings. The van der Waals surface area contributed by atoms with E-state index in [2.05, 4.69) is 41.4 Å². The van der Waals surface area contributed by atoms with Gasteiger partial charge in [-0.3, -0.25) is 4.79 Å². The number of anilines is 2. The number of carbonyl (C=O) groups excluding carboxylic acids is 1. The molecule has 12 heteroatoms.